The van der Waals surface area contributed by atoms with Crippen LogP contribution in [0.25, 0.3) is 0 Å². The summed E-state index contributed by atoms with van der Waals surface area (Å²) in [6.07, 6.45) is 2.63. The first kappa shape index (κ1) is 11.3. The van der Waals surface area contributed by atoms with Crippen LogP contribution in [-0.4, -0.2) is 33.8 Å². The van der Waals surface area contributed by atoms with Gasteiger partial charge in [-0.05, 0) is 6.42 Å². The minimum Gasteiger partial charge on any atom is -0.228 e. The molecule has 1 fully saturated rings. The van der Waals surface area contributed by atoms with E-state index in [9.17, 15) is 0 Å². The minimum absolute atomic E-state index is 0.764. The third-order valence-corrected chi connectivity index (χ3v) is 4.04. The first-order valence-electron chi connectivity index (χ1n) is 5.45. The van der Waals surface area contributed by atoms with Crippen molar-refractivity contribution in [1.82, 2.24) is 9.42 Å². The molecule has 0 radical (unpaired) electrons. The van der Waals surface area contributed by atoms with Crippen LogP contribution in [0.5, 0.6) is 0 Å². The van der Waals surface area contributed by atoms with E-state index >= 15 is 0 Å². The fraction of sp³-hybridized carbons (Fsp3) is 1.00. The highest BCUT2D eigenvalue weighted by atomic mass is 32.2. The van der Waals surface area contributed by atoms with Crippen LogP contribution in [0.3, 0.4) is 0 Å². The van der Waals surface area contributed by atoms with Crippen molar-refractivity contribution in [3.8, 4) is 0 Å². The first-order valence-corrected chi connectivity index (χ1v) is 6.29. The van der Waals surface area contributed by atoms with Gasteiger partial charge in [0.1, 0.15) is 0 Å². The zero-order valence-corrected chi connectivity index (χ0v) is 10.1. The third-order valence-electron chi connectivity index (χ3n) is 2.68. The lowest BCUT2D eigenvalue weighted by Gasteiger charge is -2.29. The van der Waals surface area contributed by atoms with E-state index in [2.05, 4.69) is 37.1 Å². The maximum Gasteiger partial charge on any atom is 0.0383 e. The van der Waals surface area contributed by atoms with E-state index in [4.69, 9.17) is 0 Å². The molecule has 2 unspecified atom stereocenters. The van der Waals surface area contributed by atoms with Gasteiger partial charge in [-0.1, -0.05) is 46.1 Å². The molecule has 1 aliphatic heterocycles. The van der Waals surface area contributed by atoms with E-state index in [1.165, 1.54) is 12.8 Å². The summed E-state index contributed by atoms with van der Waals surface area (Å²) >= 11 is 2.01. The van der Waals surface area contributed by atoms with E-state index in [-0.39, 0.29) is 0 Å². The molecule has 1 rings (SSSR count). The molecule has 3 heteroatoms. The van der Waals surface area contributed by atoms with Crippen molar-refractivity contribution < 1.29 is 0 Å². The maximum atomic E-state index is 2.53. The van der Waals surface area contributed by atoms with Gasteiger partial charge in [0, 0.05) is 24.4 Å². The fourth-order valence-corrected chi connectivity index (χ4v) is 3.37. The monoisotopic (exact) mass is 202 g/mol. The summed E-state index contributed by atoms with van der Waals surface area (Å²) in [5, 5.41) is 3.29. The predicted molar refractivity (Wildman–Crippen MR) is 60.5 cm³/mol. The molecule has 0 aromatic heterocycles. The first-order chi connectivity index (χ1) is 6.24. The van der Waals surface area contributed by atoms with Gasteiger partial charge in [-0.25, -0.2) is 5.01 Å². The Morgan fingerprint density at radius 1 is 1.15 bits per heavy atom. The average Bonchev–Trinajstić information content (AvgIpc) is 2.44. The molecule has 0 aromatic rings. The smallest absolute Gasteiger partial charge is 0.0383 e. The number of hydrogen-bond acceptors (Lipinski definition) is 3. The summed E-state index contributed by atoms with van der Waals surface area (Å²) in [5.74, 6) is 0. The Balaban J connectivity index is 2.59. The number of hydrogen-bond donors (Lipinski definition) is 0. The molecule has 1 aliphatic rings. The van der Waals surface area contributed by atoms with Crippen molar-refractivity contribution in [2.75, 3.05) is 13.1 Å². The Morgan fingerprint density at radius 2 is 1.85 bits per heavy atom. The molecule has 2 atom stereocenters. The summed E-state index contributed by atoms with van der Waals surface area (Å²) in [7, 11) is 0. The summed E-state index contributed by atoms with van der Waals surface area (Å²) in [6, 6.07) is 0.764. The van der Waals surface area contributed by atoms with E-state index in [1.807, 2.05) is 11.9 Å². The van der Waals surface area contributed by atoms with Crippen molar-refractivity contribution in [3.63, 3.8) is 0 Å². The molecule has 0 bridgehead atoms. The molecular weight excluding hydrogens is 180 g/mol. The molecule has 2 nitrogen and oxygen atoms in total. The van der Waals surface area contributed by atoms with Crippen molar-refractivity contribution in [2.45, 2.75) is 51.8 Å². The number of hydrazine groups is 1. The molecule has 1 saturated heterocycles. The van der Waals surface area contributed by atoms with E-state index in [0.29, 0.717) is 0 Å². The maximum absolute atomic E-state index is 2.53. The van der Waals surface area contributed by atoms with E-state index < -0.39 is 0 Å². The van der Waals surface area contributed by atoms with Crippen molar-refractivity contribution in [3.05, 3.63) is 0 Å². The highest BCUT2D eigenvalue weighted by molar-refractivity contribution is 7.97. The van der Waals surface area contributed by atoms with Crippen LogP contribution in [-0.2, 0) is 0 Å². The van der Waals surface area contributed by atoms with Crippen LogP contribution in [0.15, 0.2) is 0 Å². The summed E-state index contributed by atoms with van der Waals surface area (Å²) < 4.78 is 2.42. The molecule has 0 amide bonds. The van der Waals surface area contributed by atoms with Gasteiger partial charge in [0.2, 0.25) is 0 Å². The lowest BCUT2D eigenvalue weighted by atomic mass is 10.1. The molecule has 1 heterocycles. The molecule has 0 aliphatic carbocycles. The van der Waals surface area contributed by atoms with Crippen molar-refractivity contribution in [2.24, 2.45) is 0 Å². The molecule has 0 saturated carbocycles. The largest absolute Gasteiger partial charge is 0.228 e. The Bertz CT molecular complexity index is 152. The topological polar surface area (TPSA) is 6.48 Å². The SMILES string of the molecule is CCCC1C(C)SN(CC)N1CC. The van der Waals surface area contributed by atoms with Crippen LogP contribution < -0.4 is 0 Å². The number of rotatable bonds is 4. The lowest BCUT2D eigenvalue weighted by molar-refractivity contribution is 0.0509. The highest BCUT2D eigenvalue weighted by Crippen LogP contribution is 2.35. The van der Waals surface area contributed by atoms with Gasteiger partial charge in [-0.2, -0.15) is 4.41 Å². The van der Waals surface area contributed by atoms with Crippen LogP contribution in [0.4, 0.5) is 0 Å². The molecule has 0 spiro atoms. The Morgan fingerprint density at radius 3 is 2.31 bits per heavy atom. The molecule has 0 aromatic carbocycles. The van der Waals surface area contributed by atoms with E-state index in [1.54, 1.807) is 0 Å². The highest BCUT2D eigenvalue weighted by Gasteiger charge is 2.35. The second-order valence-corrected chi connectivity index (χ2v) is 4.97. The van der Waals surface area contributed by atoms with Gasteiger partial charge >= 0.3 is 0 Å². The Hall–Kier alpha value is 0.270. The molecule has 13 heavy (non-hydrogen) atoms. The van der Waals surface area contributed by atoms with Gasteiger partial charge in [-0.15, -0.1) is 0 Å². The molecule has 0 N–H and O–H groups in total. The summed E-state index contributed by atoms with van der Waals surface area (Å²) in [6.45, 7) is 11.4. The predicted octanol–water partition coefficient (Wildman–Crippen LogP) is 2.76. The minimum atomic E-state index is 0.764. The lowest BCUT2D eigenvalue weighted by Crippen LogP contribution is -2.40. The third kappa shape index (κ3) is 2.39. The van der Waals surface area contributed by atoms with Crippen LogP contribution >= 0.6 is 11.9 Å². The van der Waals surface area contributed by atoms with Gasteiger partial charge in [-0.3, -0.25) is 0 Å². The molecule has 78 valence electrons. The van der Waals surface area contributed by atoms with Crippen molar-refractivity contribution >= 4 is 11.9 Å². The normalized spacial score (nSPS) is 31.4. The van der Waals surface area contributed by atoms with Crippen LogP contribution in [0, 0.1) is 0 Å². The second-order valence-electron chi connectivity index (χ2n) is 3.59. The molecular formula is C10H22N2S. The van der Waals surface area contributed by atoms with Gasteiger partial charge in [0.05, 0.1) is 0 Å². The van der Waals surface area contributed by atoms with Gasteiger partial charge in [0.25, 0.3) is 0 Å². The summed E-state index contributed by atoms with van der Waals surface area (Å²) in [5.41, 5.74) is 0. The second kappa shape index (κ2) is 5.23. The van der Waals surface area contributed by atoms with Gasteiger partial charge < -0.3 is 0 Å². The zero-order chi connectivity index (χ0) is 9.84. The standard InChI is InChI=1S/C10H22N2S/c1-5-8-10-9(4)13-12(7-3)11(10)6-2/h9-10H,5-8H2,1-4H3. The van der Waals surface area contributed by atoms with Crippen LogP contribution in [0.2, 0.25) is 0 Å². The zero-order valence-electron chi connectivity index (χ0n) is 9.29. The van der Waals surface area contributed by atoms with E-state index in [0.717, 1.165) is 24.4 Å². The fourth-order valence-electron chi connectivity index (χ4n) is 2.06. The Labute approximate surface area is 86.8 Å². The number of nitrogens with zero attached hydrogens (tertiary/aromatic N) is 2. The average molecular weight is 202 g/mol. The Kier molecular flexibility index (Phi) is 4.56. The van der Waals surface area contributed by atoms with Gasteiger partial charge in [0.15, 0.2) is 0 Å². The quantitative estimate of drug-likeness (QED) is 0.647. The summed E-state index contributed by atoms with van der Waals surface area (Å²) in [4.78, 5) is 0. The van der Waals surface area contributed by atoms with Crippen LogP contribution in [0.1, 0.15) is 40.5 Å². The van der Waals surface area contributed by atoms with Crippen molar-refractivity contribution in [1.29, 1.82) is 0 Å².